The second-order valence-electron chi connectivity index (χ2n) is 7.50. The average Bonchev–Trinajstić information content (AvgIpc) is 2.72. The molecular weight excluding hydrogens is 415 g/mol. The molecule has 1 atom stereocenters. The molecule has 1 fully saturated rings. The first-order valence-corrected chi connectivity index (χ1v) is 11.4. The third-order valence-electron chi connectivity index (χ3n) is 5.22. The lowest BCUT2D eigenvalue weighted by molar-refractivity contribution is -0.137. The first-order valence-electron chi connectivity index (χ1n) is 9.87. The maximum atomic E-state index is 12.7. The Morgan fingerprint density at radius 3 is 2.13 bits per heavy atom. The molecule has 1 aliphatic heterocycles. The molecule has 5 nitrogen and oxygen atoms in total. The van der Waals surface area contributed by atoms with Gasteiger partial charge in [0.15, 0.2) is 0 Å². The molecule has 0 aromatic heterocycles. The van der Waals surface area contributed by atoms with Crippen LogP contribution in [0.15, 0.2) is 59.5 Å². The Hall–Kier alpha value is -2.10. The van der Waals surface area contributed by atoms with Gasteiger partial charge in [-0.1, -0.05) is 18.2 Å². The van der Waals surface area contributed by atoms with Crippen LogP contribution in [0.3, 0.4) is 0 Å². The summed E-state index contributed by atoms with van der Waals surface area (Å²) < 4.78 is 65.4. The molecule has 3 rings (SSSR count). The highest BCUT2D eigenvalue weighted by Crippen LogP contribution is 2.29. The number of piperazine rings is 1. The minimum atomic E-state index is -4.49. The second-order valence-corrected chi connectivity index (χ2v) is 9.21. The molecule has 1 unspecified atom stereocenters. The van der Waals surface area contributed by atoms with Gasteiger partial charge in [0.2, 0.25) is 10.0 Å². The Balaban J connectivity index is 1.47. The lowest BCUT2D eigenvalue weighted by Crippen LogP contribution is -2.47. The zero-order valence-electron chi connectivity index (χ0n) is 16.8. The number of halogens is 3. The van der Waals surface area contributed by atoms with Crippen molar-refractivity contribution in [2.24, 2.45) is 0 Å². The number of anilines is 1. The summed E-state index contributed by atoms with van der Waals surface area (Å²) in [4.78, 5) is 4.45. The molecule has 164 valence electrons. The number of benzene rings is 2. The first-order chi connectivity index (χ1) is 14.1. The van der Waals surface area contributed by atoms with Gasteiger partial charge in [-0.25, -0.2) is 13.1 Å². The molecule has 1 aliphatic rings. The van der Waals surface area contributed by atoms with E-state index in [2.05, 4.69) is 26.7 Å². The number of nitrogens with zero attached hydrogens (tertiary/aromatic N) is 2. The molecule has 2 aromatic rings. The van der Waals surface area contributed by atoms with E-state index in [0.717, 1.165) is 57.0 Å². The van der Waals surface area contributed by atoms with Crippen molar-refractivity contribution in [2.75, 3.05) is 37.6 Å². The van der Waals surface area contributed by atoms with Gasteiger partial charge in [0.1, 0.15) is 0 Å². The molecule has 0 saturated carbocycles. The van der Waals surface area contributed by atoms with E-state index < -0.39 is 21.8 Å². The zero-order valence-corrected chi connectivity index (χ0v) is 17.6. The molecule has 0 spiro atoms. The second kappa shape index (κ2) is 9.36. The fourth-order valence-corrected chi connectivity index (χ4v) is 4.74. The number of para-hydroxylation sites is 1. The minimum Gasteiger partial charge on any atom is -0.369 e. The maximum Gasteiger partial charge on any atom is 0.416 e. The highest BCUT2D eigenvalue weighted by atomic mass is 32.2. The average molecular weight is 442 g/mol. The quantitative estimate of drug-likeness (QED) is 0.714. The predicted octanol–water partition coefficient (Wildman–Crippen LogP) is 3.58. The molecule has 2 aromatic carbocycles. The van der Waals surface area contributed by atoms with E-state index in [1.807, 2.05) is 18.2 Å². The van der Waals surface area contributed by atoms with Crippen LogP contribution in [0.1, 0.15) is 18.9 Å². The fourth-order valence-electron chi connectivity index (χ4n) is 3.46. The third kappa shape index (κ3) is 5.96. The van der Waals surface area contributed by atoms with Gasteiger partial charge in [-0.3, -0.25) is 4.90 Å². The summed E-state index contributed by atoms with van der Waals surface area (Å²) in [6.45, 7) is 6.13. The molecule has 0 amide bonds. The van der Waals surface area contributed by atoms with Gasteiger partial charge in [-0.15, -0.1) is 0 Å². The Kier molecular flexibility index (Phi) is 7.05. The van der Waals surface area contributed by atoms with E-state index in [9.17, 15) is 21.6 Å². The number of rotatable bonds is 7. The maximum absolute atomic E-state index is 12.7. The van der Waals surface area contributed by atoms with Gasteiger partial charge in [-0.2, -0.15) is 13.2 Å². The summed E-state index contributed by atoms with van der Waals surface area (Å²) in [6, 6.07) is 13.4. The van der Waals surface area contributed by atoms with Crippen molar-refractivity contribution >= 4 is 15.7 Å². The fraction of sp³-hybridized carbons (Fsp3) is 0.429. The molecule has 0 radical (unpaired) electrons. The summed E-state index contributed by atoms with van der Waals surface area (Å²) >= 11 is 0. The lowest BCUT2D eigenvalue weighted by Gasteiger charge is -2.36. The van der Waals surface area contributed by atoms with Crippen molar-refractivity contribution in [1.29, 1.82) is 0 Å². The Bertz CT molecular complexity index is 911. The largest absolute Gasteiger partial charge is 0.416 e. The highest BCUT2D eigenvalue weighted by molar-refractivity contribution is 7.89. The number of nitrogens with one attached hydrogen (secondary N) is 1. The SMILES string of the molecule is CC(CCN1CCN(c2ccccc2)CC1)NS(=O)(=O)c1ccc(C(F)(F)F)cc1. The zero-order chi connectivity index (χ0) is 21.8. The molecule has 9 heteroatoms. The van der Waals surface area contributed by atoms with Gasteiger partial charge < -0.3 is 4.90 Å². The number of alkyl halides is 3. The van der Waals surface area contributed by atoms with Crippen LogP contribution in [0.5, 0.6) is 0 Å². The van der Waals surface area contributed by atoms with Crippen molar-refractivity contribution in [3.05, 3.63) is 60.2 Å². The predicted molar refractivity (Wildman–Crippen MR) is 111 cm³/mol. The topological polar surface area (TPSA) is 52.6 Å². The molecule has 30 heavy (non-hydrogen) atoms. The van der Waals surface area contributed by atoms with Crippen LogP contribution in [0.2, 0.25) is 0 Å². The van der Waals surface area contributed by atoms with Gasteiger partial charge in [-0.05, 0) is 56.3 Å². The van der Waals surface area contributed by atoms with Crippen LogP contribution in [0, 0.1) is 0 Å². The Morgan fingerprint density at radius 2 is 1.57 bits per heavy atom. The van der Waals surface area contributed by atoms with E-state index in [1.54, 1.807) is 6.92 Å². The van der Waals surface area contributed by atoms with Gasteiger partial charge in [0.25, 0.3) is 0 Å². The van der Waals surface area contributed by atoms with E-state index in [1.165, 1.54) is 5.69 Å². The summed E-state index contributed by atoms with van der Waals surface area (Å²) in [6.07, 6.45) is -3.88. The van der Waals surface area contributed by atoms with Crippen LogP contribution in [-0.4, -0.2) is 52.1 Å². The molecule has 0 bridgehead atoms. The van der Waals surface area contributed by atoms with Gasteiger partial charge in [0, 0.05) is 37.9 Å². The monoisotopic (exact) mass is 441 g/mol. The van der Waals surface area contributed by atoms with E-state index >= 15 is 0 Å². The Morgan fingerprint density at radius 1 is 0.967 bits per heavy atom. The van der Waals surface area contributed by atoms with Crippen molar-refractivity contribution in [3.8, 4) is 0 Å². The van der Waals surface area contributed by atoms with Crippen LogP contribution < -0.4 is 9.62 Å². The molecule has 1 N–H and O–H groups in total. The number of hydrogen-bond donors (Lipinski definition) is 1. The minimum absolute atomic E-state index is 0.168. The highest BCUT2D eigenvalue weighted by Gasteiger charge is 2.30. The number of hydrogen-bond acceptors (Lipinski definition) is 4. The first kappa shape index (κ1) is 22.6. The van der Waals surface area contributed by atoms with Gasteiger partial charge >= 0.3 is 6.18 Å². The van der Waals surface area contributed by atoms with Crippen molar-refractivity contribution in [3.63, 3.8) is 0 Å². The van der Waals surface area contributed by atoms with E-state index in [4.69, 9.17) is 0 Å². The molecule has 1 saturated heterocycles. The summed E-state index contributed by atoms with van der Waals surface area (Å²) in [5, 5.41) is 0. The number of sulfonamides is 1. The third-order valence-corrected chi connectivity index (χ3v) is 6.83. The molecule has 0 aliphatic carbocycles. The lowest BCUT2D eigenvalue weighted by atomic mass is 10.2. The smallest absolute Gasteiger partial charge is 0.369 e. The van der Waals surface area contributed by atoms with Crippen molar-refractivity contribution < 1.29 is 21.6 Å². The van der Waals surface area contributed by atoms with Crippen LogP contribution >= 0.6 is 0 Å². The van der Waals surface area contributed by atoms with Crippen LogP contribution in [0.25, 0.3) is 0 Å². The van der Waals surface area contributed by atoms with Gasteiger partial charge in [0.05, 0.1) is 10.5 Å². The standard InChI is InChI=1S/C21H26F3N3O2S/c1-17(25-30(28,29)20-9-7-18(8-10-20)21(22,23)24)11-12-26-13-15-27(16-14-26)19-5-3-2-4-6-19/h2-10,17,25H,11-16H2,1H3. The van der Waals surface area contributed by atoms with Crippen molar-refractivity contribution in [2.45, 2.75) is 30.5 Å². The van der Waals surface area contributed by atoms with E-state index in [0.29, 0.717) is 6.42 Å². The van der Waals surface area contributed by atoms with Crippen LogP contribution in [0.4, 0.5) is 18.9 Å². The summed E-state index contributed by atoms with van der Waals surface area (Å²) in [5.41, 5.74) is 0.332. The molecular formula is C21H26F3N3O2S. The van der Waals surface area contributed by atoms with E-state index in [-0.39, 0.29) is 10.9 Å². The van der Waals surface area contributed by atoms with Crippen LogP contribution in [-0.2, 0) is 16.2 Å². The Labute approximate surface area is 175 Å². The van der Waals surface area contributed by atoms with Crippen molar-refractivity contribution in [1.82, 2.24) is 9.62 Å². The normalized spacial score (nSPS) is 17.1. The summed E-state index contributed by atoms with van der Waals surface area (Å²) in [7, 11) is -3.86. The molecule has 1 heterocycles. The summed E-state index contributed by atoms with van der Waals surface area (Å²) in [5.74, 6) is 0.